The van der Waals surface area contributed by atoms with Crippen LogP contribution < -0.4 is 4.90 Å². The third-order valence-electron chi connectivity index (χ3n) is 1.88. The topological polar surface area (TPSA) is 63.2 Å². The number of amides is 1. The average molecular weight is 212 g/mol. The summed E-state index contributed by atoms with van der Waals surface area (Å²) in [6, 6.07) is 1.46. The lowest BCUT2D eigenvalue weighted by atomic mass is 10.3. The molecule has 0 aliphatic carbocycles. The van der Waals surface area contributed by atoms with E-state index in [-0.39, 0.29) is 29.8 Å². The monoisotopic (exact) mass is 211 g/mol. The summed E-state index contributed by atoms with van der Waals surface area (Å²) >= 11 is 5.63. The predicted octanol–water partition coefficient (Wildman–Crippen LogP) is 0.436. The molecule has 2 rings (SSSR count). The molecule has 6 heteroatoms. The molecule has 1 aromatic rings. The molecule has 5 nitrogen and oxygen atoms in total. The van der Waals surface area contributed by atoms with Crippen molar-refractivity contribution in [3.8, 4) is 0 Å². The van der Waals surface area contributed by atoms with E-state index in [0.717, 1.165) is 0 Å². The van der Waals surface area contributed by atoms with Gasteiger partial charge in [0.1, 0.15) is 17.3 Å². The number of Topliss-reactive ketones (excluding diaryl/α,β-unsaturated/α-hetero) is 1. The molecule has 0 saturated carbocycles. The summed E-state index contributed by atoms with van der Waals surface area (Å²) in [5.41, 5.74) is 0. The second kappa shape index (κ2) is 3.34. The summed E-state index contributed by atoms with van der Waals surface area (Å²) in [7, 11) is 0. The molecule has 0 spiro atoms. The number of ketones is 1. The van der Waals surface area contributed by atoms with Gasteiger partial charge in [0.25, 0.3) is 0 Å². The van der Waals surface area contributed by atoms with Gasteiger partial charge < -0.3 is 0 Å². The lowest BCUT2D eigenvalue weighted by Crippen LogP contribution is -2.25. The lowest BCUT2D eigenvalue weighted by Gasteiger charge is -2.12. The maximum Gasteiger partial charge on any atom is 0.236 e. The van der Waals surface area contributed by atoms with E-state index in [9.17, 15) is 9.59 Å². The van der Waals surface area contributed by atoms with E-state index in [1.807, 2.05) is 0 Å². The van der Waals surface area contributed by atoms with E-state index >= 15 is 0 Å². The fraction of sp³-hybridized carbons (Fsp3) is 0.250. The quantitative estimate of drug-likeness (QED) is 0.499. The van der Waals surface area contributed by atoms with Gasteiger partial charge in [0.15, 0.2) is 5.78 Å². The largest absolute Gasteiger partial charge is 0.297 e. The summed E-state index contributed by atoms with van der Waals surface area (Å²) in [4.78, 5) is 31.1. The summed E-state index contributed by atoms with van der Waals surface area (Å²) in [5, 5.41) is 0.252. The molecule has 1 aromatic heterocycles. The first-order chi connectivity index (χ1) is 6.66. The van der Waals surface area contributed by atoms with E-state index < -0.39 is 0 Å². The minimum absolute atomic E-state index is 0.0539. The molecule has 0 radical (unpaired) electrons. The Labute approximate surface area is 84.7 Å². The van der Waals surface area contributed by atoms with Crippen molar-refractivity contribution < 1.29 is 9.59 Å². The van der Waals surface area contributed by atoms with Crippen molar-refractivity contribution in [2.45, 2.75) is 6.42 Å². The van der Waals surface area contributed by atoms with Crippen molar-refractivity contribution >= 4 is 29.1 Å². The standard InChI is InChI=1S/C8H6ClN3O2/c9-6-2-7(11-4-10-6)12-3-5(13)1-8(12)14/h2,4H,1,3H2. The molecule has 72 valence electrons. The zero-order valence-electron chi connectivity index (χ0n) is 7.11. The normalized spacial score (nSPS) is 16.5. The van der Waals surface area contributed by atoms with Gasteiger partial charge in [-0.1, -0.05) is 11.6 Å². The summed E-state index contributed by atoms with van der Waals surface area (Å²) in [6.45, 7) is 0.0756. The number of halogens is 1. The van der Waals surface area contributed by atoms with E-state index in [1.54, 1.807) is 0 Å². The van der Waals surface area contributed by atoms with Gasteiger partial charge in [-0.3, -0.25) is 14.5 Å². The van der Waals surface area contributed by atoms with Gasteiger partial charge in [-0.05, 0) is 0 Å². The maximum atomic E-state index is 11.3. The Balaban J connectivity index is 2.31. The highest BCUT2D eigenvalue weighted by Crippen LogP contribution is 2.18. The van der Waals surface area contributed by atoms with Crippen LogP contribution in [-0.2, 0) is 9.59 Å². The molecule has 2 heterocycles. The fourth-order valence-corrected chi connectivity index (χ4v) is 1.41. The van der Waals surface area contributed by atoms with Crippen molar-refractivity contribution in [1.82, 2.24) is 9.97 Å². The Kier molecular flexibility index (Phi) is 2.17. The van der Waals surface area contributed by atoms with Crippen molar-refractivity contribution in [3.05, 3.63) is 17.5 Å². The zero-order valence-corrected chi connectivity index (χ0v) is 7.86. The number of rotatable bonds is 1. The first-order valence-electron chi connectivity index (χ1n) is 3.96. The SMILES string of the molecule is O=C1CC(=O)N(c2cc(Cl)ncn2)C1. The molecule has 0 unspecified atom stereocenters. The van der Waals surface area contributed by atoms with Crippen LogP contribution >= 0.6 is 11.6 Å². The average Bonchev–Trinajstić information content (AvgIpc) is 2.45. The van der Waals surface area contributed by atoms with Gasteiger partial charge in [-0.2, -0.15) is 0 Å². The highest BCUT2D eigenvalue weighted by molar-refractivity contribution is 6.29. The van der Waals surface area contributed by atoms with Crippen LogP contribution in [0, 0.1) is 0 Å². The minimum atomic E-state index is -0.246. The van der Waals surface area contributed by atoms with Gasteiger partial charge in [0.2, 0.25) is 5.91 Å². The van der Waals surface area contributed by atoms with Crippen LogP contribution in [0.5, 0.6) is 0 Å². The molecule has 0 bridgehead atoms. The third-order valence-corrected chi connectivity index (χ3v) is 2.09. The molecule has 14 heavy (non-hydrogen) atoms. The third kappa shape index (κ3) is 1.58. The Morgan fingerprint density at radius 3 is 2.71 bits per heavy atom. The summed E-state index contributed by atoms with van der Waals surface area (Å²) < 4.78 is 0. The smallest absolute Gasteiger partial charge is 0.236 e. The Bertz CT molecular complexity index is 407. The molecule has 0 N–H and O–H groups in total. The van der Waals surface area contributed by atoms with Gasteiger partial charge in [0.05, 0.1) is 13.0 Å². The second-order valence-corrected chi connectivity index (χ2v) is 3.28. The number of anilines is 1. The summed E-state index contributed by atoms with van der Waals surface area (Å²) in [5.74, 6) is 0.0235. The number of aromatic nitrogens is 2. The van der Waals surface area contributed by atoms with E-state index in [0.29, 0.717) is 5.82 Å². The Hall–Kier alpha value is -1.49. The zero-order chi connectivity index (χ0) is 10.1. The van der Waals surface area contributed by atoms with Crippen molar-refractivity contribution in [2.75, 3.05) is 11.4 Å². The van der Waals surface area contributed by atoms with Crippen LogP contribution in [0.2, 0.25) is 5.15 Å². The first-order valence-corrected chi connectivity index (χ1v) is 4.34. The lowest BCUT2D eigenvalue weighted by molar-refractivity contribution is -0.121. The number of carbonyl (C=O) groups excluding carboxylic acids is 2. The highest BCUT2D eigenvalue weighted by atomic mass is 35.5. The number of nitrogens with zero attached hydrogens (tertiary/aromatic N) is 3. The van der Waals surface area contributed by atoms with E-state index in [2.05, 4.69) is 9.97 Å². The maximum absolute atomic E-state index is 11.3. The van der Waals surface area contributed by atoms with Crippen LogP contribution in [0.25, 0.3) is 0 Å². The number of carbonyl (C=O) groups is 2. The molecular formula is C8H6ClN3O2. The van der Waals surface area contributed by atoms with Gasteiger partial charge in [-0.15, -0.1) is 0 Å². The first kappa shape index (κ1) is 9.08. The highest BCUT2D eigenvalue weighted by Gasteiger charge is 2.29. The van der Waals surface area contributed by atoms with Gasteiger partial charge in [-0.25, -0.2) is 9.97 Å². The van der Waals surface area contributed by atoms with Crippen LogP contribution in [0.15, 0.2) is 12.4 Å². The molecule has 1 fully saturated rings. The molecule has 0 atom stereocenters. The van der Waals surface area contributed by atoms with Crippen molar-refractivity contribution in [3.63, 3.8) is 0 Å². The second-order valence-electron chi connectivity index (χ2n) is 2.89. The molecule has 1 aliphatic rings. The van der Waals surface area contributed by atoms with Gasteiger partial charge in [0, 0.05) is 6.07 Å². The molecule has 0 aromatic carbocycles. The fourth-order valence-electron chi connectivity index (χ4n) is 1.27. The number of hydrogen-bond donors (Lipinski definition) is 0. The number of hydrogen-bond acceptors (Lipinski definition) is 4. The Morgan fingerprint density at radius 2 is 2.14 bits per heavy atom. The van der Waals surface area contributed by atoms with Crippen molar-refractivity contribution in [2.24, 2.45) is 0 Å². The van der Waals surface area contributed by atoms with E-state index in [4.69, 9.17) is 11.6 Å². The van der Waals surface area contributed by atoms with Gasteiger partial charge >= 0.3 is 0 Å². The van der Waals surface area contributed by atoms with Crippen LogP contribution in [0.3, 0.4) is 0 Å². The summed E-state index contributed by atoms with van der Waals surface area (Å²) in [6.07, 6.45) is 1.20. The molecule has 1 saturated heterocycles. The minimum Gasteiger partial charge on any atom is -0.297 e. The van der Waals surface area contributed by atoms with Crippen molar-refractivity contribution in [1.29, 1.82) is 0 Å². The van der Waals surface area contributed by atoms with E-state index in [1.165, 1.54) is 17.3 Å². The molecule has 1 aliphatic heterocycles. The molecule has 1 amide bonds. The van der Waals surface area contributed by atoms with Crippen LogP contribution in [0.1, 0.15) is 6.42 Å². The molecular weight excluding hydrogens is 206 g/mol. The van der Waals surface area contributed by atoms with Crippen LogP contribution in [0.4, 0.5) is 5.82 Å². The predicted molar refractivity (Wildman–Crippen MR) is 49.0 cm³/mol. The Morgan fingerprint density at radius 1 is 1.36 bits per heavy atom. The van der Waals surface area contributed by atoms with Crippen LogP contribution in [-0.4, -0.2) is 28.2 Å².